The first kappa shape index (κ1) is 39.0. The van der Waals surface area contributed by atoms with Crippen LogP contribution >= 0.6 is 11.3 Å². The van der Waals surface area contributed by atoms with Gasteiger partial charge in [-0.3, -0.25) is 29.5 Å². The molecule has 59 heavy (non-hydrogen) atoms. The lowest BCUT2D eigenvalue weighted by Gasteiger charge is -2.38. The topological polar surface area (TPSA) is 149 Å². The quantitative estimate of drug-likeness (QED) is 0.114. The lowest BCUT2D eigenvalue weighted by atomic mass is 9.80. The zero-order valence-corrected chi connectivity index (χ0v) is 33.6. The maximum Gasteiger partial charge on any atom is 0.488 e. The molecule has 0 saturated carbocycles. The number of amides is 3. The smallest absolute Gasteiger partial charge is 0.488 e. The van der Waals surface area contributed by atoms with Crippen LogP contribution in [0.2, 0.25) is 0 Å². The van der Waals surface area contributed by atoms with Gasteiger partial charge in [-0.25, -0.2) is 0 Å². The van der Waals surface area contributed by atoms with Crippen LogP contribution in [0.1, 0.15) is 35.2 Å². The van der Waals surface area contributed by atoms with Gasteiger partial charge in [0.05, 0.1) is 4.88 Å². The Morgan fingerprint density at radius 2 is 1.42 bits per heavy atom. The highest BCUT2D eigenvalue weighted by atomic mass is 32.1. The molecule has 13 nitrogen and oxygen atoms in total. The van der Waals surface area contributed by atoms with E-state index in [1.165, 1.54) is 11.3 Å². The summed E-state index contributed by atoms with van der Waals surface area (Å²) in [5, 5.41) is 32.5. The molecule has 15 heteroatoms. The highest BCUT2D eigenvalue weighted by Crippen LogP contribution is 2.47. The number of phenolic OH excluding ortho intramolecular Hbond substituents is 1. The Hall–Kier alpha value is -5.45. The molecule has 1 unspecified atom stereocenters. The number of piperazine rings is 2. The molecule has 0 spiro atoms. The summed E-state index contributed by atoms with van der Waals surface area (Å²) in [5.41, 5.74) is 5.16. The summed E-state index contributed by atoms with van der Waals surface area (Å²) in [5.74, 6) is 0.804. The predicted octanol–water partition coefficient (Wildman–Crippen LogP) is 3.84. The average Bonchev–Trinajstić information content (AvgIpc) is 3.77. The van der Waals surface area contributed by atoms with Crippen LogP contribution in [0.5, 0.6) is 17.2 Å². The van der Waals surface area contributed by atoms with Crippen molar-refractivity contribution < 1.29 is 34.3 Å². The van der Waals surface area contributed by atoms with E-state index in [1.54, 1.807) is 29.2 Å². The summed E-state index contributed by atoms with van der Waals surface area (Å²) in [6.07, 6.45) is 1.74. The third-order valence-electron chi connectivity index (χ3n) is 12.1. The molecule has 3 amide bonds. The van der Waals surface area contributed by atoms with Crippen molar-refractivity contribution in [1.29, 1.82) is 0 Å². The number of carbonyl (C=O) groups excluding carboxylic acids is 3. The van der Waals surface area contributed by atoms with Gasteiger partial charge in [0.2, 0.25) is 11.8 Å². The van der Waals surface area contributed by atoms with Crippen molar-refractivity contribution >= 4 is 63.1 Å². The van der Waals surface area contributed by atoms with Gasteiger partial charge in [-0.05, 0) is 103 Å². The molecule has 304 valence electrons. The van der Waals surface area contributed by atoms with Crippen molar-refractivity contribution in [2.45, 2.75) is 31.8 Å². The predicted molar refractivity (Wildman–Crippen MR) is 230 cm³/mol. The number of nitrogens with zero attached hydrogens (tertiary/aromatic N) is 5. The number of hydrogen-bond acceptors (Lipinski definition) is 12. The number of benzene rings is 4. The molecule has 5 aromatic rings. The molecule has 0 bridgehead atoms. The third-order valence-corrected chi connectivity index (χ3v) is 13.3. The van der Waals surface area contributed by atoms with E-state index in [4.69, 9.17) is 4.74 Å². The Morgan fingerprint density at radius 1 is 0.763 bits per heavy atom. The fraction of sp³-hybridized carbons (Fsp3) is 0.341. The molecule has 0 aliphatic carbocycles. The highest BCUT2D eigenvalue weighted by Gasteiger charge is 2.39. The average molecular weight is 815 g/mol. The molecular formula is C44H47BN6O7S. The summed E-state index contributed by atoms with van der Waals surface area (Å²) < 4.78 is 7.43. The number of nitrogens with one attached hydrogen (secondary N) is 1. The fourth-order valence-corrected chi connectivity index (χ4v) is 9.91. The second-order valence-corrected chi connectivity index (χ2v) is 16.8. The van der Waals surface area contributed by atoms with Gasteiger partial charge < -0.3 is 34.6 Å². The van der Waals surface area contributed by atoms with Gasteiger partial charge in [0.25, 0.3) is 5.91 Å². The van der Waals surface area contributed by atoms with E-state index < -0.39 is 13.2 Å². The van der Waals surface area contributed by atoms with Crippen molar-refractivity contribution in [3.63, 3.8) is 0 Å². The SMILES string of the molecule is O=C1CCC(N2Cc3cc(N4CCN(CCCN5CCN(c6ccc(Oc7c(-c8ccc(B(O)O)cc8)sc8cc(O)ccc78)cc6)CC5)CC4)ccc3C2=O)C(=O)N1. The summed E-state index contributed by atoms with van der Waals surface area (Å²) in [7, 11) is -1.54. The van der Waals surface area contributed by atoms with Crippen LogP contribution in [0.15, 0.2) is 84.9 Å². The first-order valence-corrected chi connectivity index (χ1v) is 21.2. The number of imide groups is 1. The van der Waals surface area contributed by atoms with Gasteiger partial charge in [0.15, 0.2) is 5.75 Å². The lowest BCUT2D eigenvalue weighted by molar-refractivity contribution is -0.136. The van der Waals surface area contributed by atoms with Crippen LogP contribution in [0.4, 0.5) is 11.4 Å². The second-order valence-electron chi connectivity index (χ2n) is 15.8. The van der Waals surface area contributed by atoms with E-state index >= 15 is 0 Å². The largest absolute Gasteiger partial charge is 0.508 e. The van der Waals surface area contributed by atoms with Crippen molar-refractivity contribution in [2.75, 3.05) is 75.2 Å². The molecule has 4 aliphatic heterocycles. The minimum absolute atomic E-state index is 0.137. The van der Waals surface area contributed by atoms with E-state index in [0.29, 0.717) is 35.5 Å². The third kappa shape index (κ3) is 8.26. The van der Waals surface area contributed by atoms with Gasteiger partial charge in [-0.1, -0.05) is 24.3 Å². The minimum atomic E-state index is -1.54. The first-order chi connectivity index (χ1) is 28.7. The van der Waals surface area contributed by atoms with Crippen molar-refractivity contribution in [3.05, 3.63) is 96.1 Å². The zero-order valence-electron chi connectivity index (χ0n) is 32.8. The van der Waals surface area contributed by atoms with Crippen molar-refractivity contribution in [2.24, 2.45) is 0 Å². The van der Waals surface area contributed by atoms with Gasteiger partial charge in [-0.2, -0.15) is 0 Å². The molecule has 1 aromatic heterocycles. The normalized spacial score (nSPS) is 19.1. The monoisotopic (exact) mass is 814 g/mol. The van der Waals surface area contributed by atoms with E-state index in [0.717, 1.165) is 109 Å². The molecule has 5 heterocycles. The summed E-state index contributed by atoms with van der Waals surface area (Å²) in [6.45, 7) is 10.3. The number of fused-ring (bicyclic) bond motifs is 2. The molecule has 3 fully saturated rings. The van der Waals surface area contributed by atoms with Gasteiger partial charge in [0.1, 0.15) is 17.5 Å². The first-order valence-electron chi connectivity index (χ1n) is 20.4. The Kier molecular flexibility index (Phi) is 11.0. The Labute approximate surface area is 347 Å². The Balaban J connectivity index is 0.729. The molecule has 1 atom stereocenters. The molecule has 3 saturated heterocycles. The number of hydrogen-bond donors (Lipinski definition) is 4. The van der Waals surface area contributed by atoms with Crippen molar-refractivity contribution in [3.8, 4) is 27.7 Å². The van der Waals surface area contributed by atoms with Gasteiger partial charge in [0, 0.05) is 92.3 Å². The Morgan fingerprint density at radius 3 is 2.08 bits per heavy atom. The molecule has 4 N–H and O–H groups in total. The molecule has 4 aromatic carbocycles. The van der Waals surface area contributed by atoms with E-state index in [2.05, 4.69) is 43.1 Å². The highest BCUT2D eigenvalue weighted by molar-refractivity contribution is 7.22. The summed E-state index contributed by atoms with van der Waals surface area (Å²) in [4.78, 5) is 49.6. The van der Waals surface area contributed by atoms with E-state index in [1.807, 2.05) is 42.5 Å². The van der Waals surface area contributed by atoms with E-state index in [-0.39, 0.29) is 29.9 Å². The number of ether oxygens (including phenoxy) is 1. The Bertz CT molecular complexity index is 2360. The number of thiophene rings is 1. The van der Waals surface area contributed by atoms with Crippen LogP contribution in [0, 0.1) is 0 Å². The molecule has 4 aliphatic rings. The van der Waals surface area contributed by atoms with Crippen LogP contribution in [0.3, 0.4) is 0 Å². The number of piperidine rings is 1. The van der Waals surface area contributed by atoms with Crippen LogP contribution < -0.4 is 25.3 Å². The number of phenols is 1. The number of anilines is 2. The number of aromatic hydroxyl groups is 1. The van der Waals surface area contributed by atoms with Crippen molar-refractivity contribution in [1.82, 2.24) is 20.0 Å². The minimum Gasteiger partial charge on any atom is -0.508 e. The van der Waals surface area contributed by atoms with Gasteiger partial charge >= 0.3 is 7.12 Å². The summed E-state index contributed by atoms with van der Waals surface area (Å²) in [6, 6.07) is 26.0. The second kappa shape index (κ2) is 16.7. The molecule has 0 radical (unpaired) electrons. The van der Waals surface area contributed by atoms with Crippen LogP contribution in [-0.2, 0) is 16.1 Å². The number of rotatable bonds is 11. The van der Waals surface area contributed by atoms with E-state index in [9.17, 15) is 29.5 Å². The fourth-order valence-electron chi connectivity index (χ4n) is 8.74. The van der Waals surface area contributed by atoms with Crippen LogP contribution in [-0.4, -0.2) is 126 Å². The standard InChI is InChI=1S/C44H47BN6O7S/c52-34-9-13-37-39(27-34)59-42(29-2-4-31(5-3-29)45(56)57)41(37)58-35-10-6-32(7-11-35)49-22-18-47(19-23-49)16-1-17-48-20-24-50(25-21-48)33-8-12-36-30(26-33)28-51(44(36)55)38-14-15-40(53)46-43(38)54/h2-13,26-27,38,52,56-57H,1,14-25,28H2,(H,46,53,54). The number of carbonyl (C=O) groups is 3. The zero-order chi connectivity index (χ0) is 40.6. The van der Waals surface area contributed by atoms with Crippen LogP contribution in [0.25, 0.3) is 20.5 Å². The maximum absolute atomic E-state index is 13.1. The molecular weight excluding hydrogens is 767 g/mol. The molecule has 9 rings (SSSR count). The van der Waals surface area contributed by atoms with Gasteiger partial charge in [-0.15, -0.1) is 11.3 Å². The lowest BCUT2D eigenvalue weighted by Crippen LogP contribution is -2.52. The summed E-state index contributed by atoms with van der Waals surface area (Å²) >= 11 is 1.52. The maximum atomic E-state index is 13.1.